The van der Waals surface area contributed by atoms with E-state index in [0.717, 1.165) is 84.4 Å². The largest absolute Gasteiger partial charge is 0.379 e. The number of ether oxygens (including phenoxy) is 1. The highest BCUT2D eigenvalue weighted by Crippen LogP contribution is 2.25. The maximum atomic E-state index is 5.42. The summed E-state index contributed by atoms with van der Waals surface area (Å²) in [4.78, 5) is 9.97. The summed E-state index contributed by atoms with van der Waals surface area (Å²) >= 11 is 0. The van der Waals surface area contributed by atoms with Gasteiger partial charge in [0.05, 0.1) is 19.8 Å². The van der Waals surface area contributed by atoms with Gasteiger partial charge in [-0.05, 0) is 51.3 Å². The van der Waals surface area contributed by atoms with Crippen molar-refractivity contribution in [2.24, 2.45) is 4.99 Å². The van der Waals surface area contributed by atoms with Crippen molar-refractivity contribution in [3.8, 4) is 0 Å². The van der Waals surface area contributed by atoms with Crippen LogP contribution in [-0.2, 0) is 17.7 Å². The van der Waals surface area contributed by atoms with E-state index in [-0.39, 0.29) is 5.54 Å². The van der Waals surface area contributed by atoms with Gasteiger partial charge in [-0.3, -0.25) is 14.8 Å². The first kappa shape index (κ1) is 22.1. The summed E-state index contributed by atoms with van der Waals surface area (Å²) in [5.74, 6) is 0.931. The number of benzene rings is 1. The van der Waals surface area contributed by atoms with Crippen LogP contribution in [0.1, 0.15) is 38.3 Å². The predicted molar refractivity (Wildman–Crippen MR) is 120 cm³/mol. The molecule has 0 spiro atoms. The van der Waals surface area contributed by atoms with Crippen LogP contribution in [0.5, 0.6) is 0 Å². The molecule has 3 rings (SSSR count). The molecule has 1 aromatic rings. The van der Waals surface area contributed by atoms with Crippen molar-refractivity contribution < 1.29 is 4.74 Å². The van der Waals surface area contributed by atoms with Crippen LogP contribution in [0.3, 0.4) is 0 Å². The lowest BCUT2D eigenvalue weighted by Gasteiger charge is -2.40. The number of hydrogen-bond donors (Lipinski definition) is 2. The molecule has 0 unspecified atom stereocenters. The number of guanidine groups is 1. The normalized spacial score (nSPS) is 19.1. The van der Waals surface area contributed by atoms with Gasteiger partial charge in [0.25, 0.3) is 0 Å². The number of hydrogen-bond acceptors (Lipinski definition) is 4. The average molecular weight is 402 g/mol. The Balaban J connectivity index is 1.47. The zero-order chi connectivity index (χ0) is 20.5. The number of nitrogens with zero attached hydrogens (tertiary/aromatic N) is 3. The molecule has 2 aliphatic heterocycles. The van der Waals surface area contributed by atoms with Gasteiger partial charge in [-0.25, -0.2) is 0 Å². The Morgan fingerprint density at radius 2 is 1.86 bits per heavy atom. The zero-order valence-electron chi connectivity index (χ0n) is 18.5. The molecular weight excluding hydrogens is 362 g/mol. The summed E-state index contributed by atoms with van der Waals surface area (Å²) in [7, 11) is 0. The molecule has 0 aromatic heterocycles. The van der Waals surface area contributed by atoms with Crippen molar-refractivity contribution in [3.63, 3.8) is 0 Å². The Hall–Kier alpha value is -1.63. The van der Waals surface area contributed by atoms with E-state index in [1.54, 1.807) is 0 Å². The van der Waals surface area contributed by atoms with Crippen LogP contribution in [0.15, 0.2) is 29.3 Å². The van der Waals surface area contributed by atoms with Crippen LogP contribution in [-0.4, -0.2) is 80.3 Å². The van der Waals surface area contributed by atoms with Gasteiger partial charge in [0.1, 0.15) is 0 Å². The van der Waals surface area contributed by atoms with E-state index < -0.39 is 0 Å². The van der Waals surface area contributed by atoms with E-state index in [1.165, 1.54) is 11.1 Å². The zero-order valence-corrected chi connectivity index (χ0v) is 18.5. The maximum absolute atomic E-state index is 5.42. The van der Waals surface area contributed by atoms with Gasteiger partial charge < -0.3 is 15.4 Å². The first-order chi connectivity index (χ1) is 14.1. The fraction of sp³-hybridized carbons (Fsp3) is 0.696. The lowest BCUT2D eigenvalue weighted by Crippen LogP contribution is -2.49. The van der Waals surface area contributed by atoms with E-state index in [2.05, 4.69) is 65.5 Å². The highest BCUT2D eigenvalue weighted by atomic mass is 16.5. The van der Waals surface area contributed by atoms with Crippen LogP contribution in [0.4, 0.5) is 0 Å². The molecule has 2 N–H and O–H groups in total. The van der Waals surface area contributed by atoms with E-state index in [1.807, 2.05) is 0 Å². The Bertz CT molecular complexity index is 654. The SMILES string of the molecule is CCNC(=NCC(C)(C)N1CCc2ccccc2C1)NCCCN1CCOCC1. The smallest absolute Gasteiger partial charge is 0.191 e. The molecule has 0 amide bonds. The second-order valence-corrected chi connectivity index (χ2v) is 8.68. The summed E-state index contributed by atoms with van der Waals surface area (Å²) in [6.45, 7) is 16.4. The van der Waals surface area contributed by atoms with Crippen molar-refractivity contribution in [1.82, 2.24) is 20.4 Å². The summed E-state index contributed by atoms with van der Waals surface area (Å²) in [6.07, 6.45) is 2.25. The van der Waals surface area contributed by atoms with Crippen LogP contribution in [0.25, 0.3) is 0 Å². The minimum absolute atomic E-state index is 0.0314. The summed E-state index contributed by atoms with van der Waals surface area (Å²) < 4.78 is 5.42. The van der Waals surface area contributed by atoms with Crippen LogP contribution < -0.4 is 10.6 Å². The van der Waals surface area contributed by atoms with E-state index in [0.29, 0.717) is 0 Å². The van der Waals surface area contributed by atoms with Crippen LogP contribution in [0, 0.1) is 0 Å². The summed E-state index contributed by atoms with van der Waals surface area (Å²) in [5.41, 5.74) is 2.99. The first-order valence-electron chi connectivity index (χ1n) is 11.2. The molecule has 1 fully saturated rings. The van der Waals surface area contributed by atoms with E-state index >= 15 is 0 Å². The fourth-order valence-corrected chi connectivity index (χ4v) is 4.06. The molecule has 162 valence electrons. The number of aliphatic imine (C=N–C) groups is 1. The third kappa shape index (κ3) is 6.69. The minimum atomic E-state index is 0.0314. The number of nitrogens with one attached hydrogen (secondary N) is 2. The first-order valence-corrected chi connectivity index (χ1v) is 11.2. The van der Waals surface area contributed by atoms with Crippen molar-refractivity contribution in [2.75, 3.05) is 59.0 Å². The molecule has 2 aliphatic rings. The van der Waals surface area contributed by atoms with Gasteiger partial charge >= 0.3 is 0 Å². The molecule has 0 radical (unpaired) electrons. The summed E-state index contributed by atoms with van der Waals surface area (Å²) in [5, 5.41) is 6.91. The average Bonchev–Trinajstić information content (AvgIpc) is 2.75. The highest BCUT2D eigenvalue weighted by molar-refractivity contribution is 5.79. The Morgan fingerprint density at radius 1 is 1.10 bits per heavy atom. The Labute approximate surface area is 176 Å². The van der Waals surface area contributed by atoms with Crippen molar-refractivity contribution in [2.45, 2.75) is 45.7 Å². The third-order valence-electron chi connectivity index (χ3n) is 6.00. The second kappa shape index (κ2) is 11.0. The van der Waals surface area contributed by atoms with Crippen molar-refractivity contribution >= 4 is 5.96 Å². The molecule has 0 saturated carbocycles. The highest BCUT2D eigenvalue weighted by Gasteiger charge is 2.29. The number of morpholine rings is 1. The number of fused-ring (bicyclic) bond motifs is 1. The third-order valence-corrected chi connectivity index (χ3v) is 6.00. The van der Waals surface area contributed by atoms with Crippen molar-refractivity contribution in [1.29, 1.82) is 0 Å². The standard InChI is InChI=1S/C23H39N5O/c1-4-24-22(25-11-7-12-27-14-16-29-17-15-27)26-19-23(2,3)28-13-10-20-8-5-6-9-21(20)18-28/h5-6,8-9H,4,7,10-19H2,1-3H3,(H2,24,25,26). The summed E-state index contributed by atoms with van der Waals surface area (Å²) in [6, 6.07) is 8.83. The Kier molecular flexibility index (Phi) is 8.33. The van der Waals surface area contributed by atoms with Crippen LogP contribution >= 0.6 is 0 Å². The second-order valence-electron chi connectivity index (χ2n) is 8.68. The molecule has 6 heteroatoms. The van der Waals surface area contributed by atoms with Gasteiger partial charge in [-0.15, -0.1) is 0 Å². The molecule has 0 atom stereocenters. The molecule has 0 bridgehead atoms. The van der Waals surface area contributed by atoms with Gasteiger partial charge in [0.2, 0.25) is 0 Å². The van der Waals surface area contributed by atoms with Gasteiger partial charge in [0, 0.05) is 44.8 Å². The van der Waals surface area contributed by atoms with E-state index in [4.69, 9.17) is 9.73 Å². The van der Waals surface area contributed by atoms with Crippen molar-refractivity contribution in [3.05, 3.63) is 35.4 Å². The lowest BCUT2D eigenvalue weighted by molar-refractivity contribution is 0.0376. The monoisotopic (exact) mass is 401 g/mol. The van der Waals surface area contributed by atoms with Crippen LogP contribution in [0.2, 0.25) is 0 Å². The maximum Gasteiger partial charge on any atom is 0.191 e. The minimum Gasteiger partial charge on any atom is -0.379 e. The topological polar surface area (TPSA) is 52.1 Å². The molecule has 6 nitrogen and oxygen atoms in total. The fourth-order valence-electron chi connectivity index (χ4n) is 4.06. The lowest BCUT2D eigenvalue weighted by atomic mass is 9.94. The number of rotatable bonds is 8. The quantitative estimate of drug-likeness (QED) is 0.397. The van der Waals surface area contributed by atoms with Gasteiger partial charge in [-0.2, -0.15) is 0 Å². The molecule has 1 aromatic carbocycles. The Morgan fingerprint density at radius 3 is 2.62 bits per heavy atom. The molecule has 29 heavy (non-hydrogen) atoms. The predicted octanol–water partition coefficient (Wildman–Crippen LogP) is 2.10. The molecule has 2 heterocycles. The van der Waals surface area contributed by atoms with Gasteiger partial charge in [-0.1, -0.05) is 24.3 Å². The molecular formula is C23H39N5O. The van der Waals surface area contributed by atoms with Gasteiger partial charge in [0.15, 0.2) is 5.96 Å². The molecule has 0 aliphatic carbocycles. The van der Waals surface area contributed by atoms with E-state index in [9.17, 15) is 0 Å². The molecule has 1 saturated heterocycles.